The van der Waals surface area contributed by atoms with Crippen molar-refractivity contribution < 1.29 is 9.59 Å². The number of aryl methyl sites for hydroxylation is 1. The molecule has 0 N–H and O–H groups in total. The number of piperidine rings is 1. The van der Waals surface area contributed by atoms with Crippen LogP contribution in [0.4, 0.5) is 0 Å². The van der Waals surface area contributed by atoms with Crippen LogP contribution in [0.3, 0.4) is 0 Å². The van der Waals surface area contributed by atoms with E-state index in [0.717, 1.165) is 45.3 Å². The van der Waals surface area contributed by atoms with Gasteiger partial charge >= 0.3 is 0 Å². The van der Waals surface area contributed by atoms with Crippen molar-refractivity contribution in [3.8, 4) is 0 Å². The van der Waals surface area contributed by atoms with Gasteiger partial charge in [0.15, 0.2) is 5.78 Å². The summed E-state index contributed by atoms with van der Waals surface area (Å²) in [5, 5.41) is 0. The predicted molar refractivity (Wildman–Crippen MR) is 113 cm³/mol. The lowest BCUT2D eigenvalue weighted by atomic mass is 10.00. The van der Waals surface area contributed by atoms with Gasteiger partial charge < -0.3 is 9.80 Å². The second-order valence-electron chi connectivity index (χ2n) is 7.70. The van der Waals surface area contributed by atoms with Crippen molar-refractivity contribution in [2.45, 2.75) is 38.6 Å². The first kappa shape index (κ1) is 20.3. The van der Waals surface area contributed by atoms with Crippen LogP contribution in [0.5, 0.6) is 0 Å². The molecule has 4 heteroatoms. The van der Waals surface area contributed by atoms with Crippen LogP contribution in [0.15, 0.2) is 54.6 Å². The van der Waals surface area contributed by atoms with Gasteiger partial charge in [-0.05, 0) is 57.3 Å². The van der Waals surface area contributed by atoms with Crippen molar-refractivity contribution >= 4 is 11.7 Å². The van der Waals surface area contributed by atoms with E-state index in [1.54, 1.807) is 12.1 Å². The van der Waals surface area contributed by atoms with Crippen LogP contribution in [-0.2, 0) is 6.42 Å². The van der Waals surface area contributed by atoms with E-state index in [0.29, 0.717) is 11.1 Å². The quantitative estimate of drug-likeness (QED) is 0.682. The van der Waals surface area contributed by atoms with Crippen LogP contribution in [0.2, 0.25) is 0 Å². The Morgan fingerprint density at radius 2 is 1.71 bits per heavy atom. The number of likely N-dealkylation sites (N-methyl/N-ethyl adjacent to an activating group) is 1. The number of hydrogen-bond donors (Lipinski definition) is 0. The first-order valence-corrected chi connectivity index (χ1v) is 10.2. The van der Waals surface area contributed by atoms with E-state index in [-0.39, 0.29) is 17.7 Å². The summed E-state index contributed by atoms with van der Waals surface area (Å²) in [6.45, 7) is 4.56. The Morgan fingerprint density at radius 1 is 1.04 bits per heavy atom. The van der Waals surface area contributed by atoms with Crippen LogP contribution in [-0.4, -0.2) is 54.2 Å². The van der Waals surface area contributed by atoms with Crippen molar-refractivity contribution in [1.29, 1.82) is 0 Å². The third-order valence-corrected chi connectivity index (χ3v) is 5.67. The van der Waals surface area contributed by atoms with Crippen LogP contribution < -0.4 is 0 Å². The third-order valence-electron chi connectivity index (χ3n) is 5.67. The molecule has 1 unspecified atom stereocenters. The van der Waals surface area contributed by atoms with E-state index in [4.69, 9.17) is 0 Å². The van der Waals surface area contributed by atoms with E-state index in [1.807, 2.05) is 24.1 Å². The number of carbonyl (C=O) groups excluding carboxylic acids is 2. The summed E-state index contributed by atoms with van der Waals surface area (Å²) in [4.78, 5) is 29.2. The topological polar surface area (TPSA) is 40.6 Å². The minimum Gasteiger partial charge on any atom is -0.337 e. The zero-order chi connectivity index (χ0) is 19.9. The summed E-state index contributed by atoms with van der Waals surface area (Å²) in [7, 11) is 1.87. The molecule has 0 spiro atoms. The molecule has 1 saturated heterocycles. The highest BCUT2D eigenvalue weighted by molar-refractivity contribution is 6.07. The molecule has 148 valence electrons. The van der Waals surface area contributed by atoms with E-state index in [9.17, 15) is 9.59 Å². The molecular weight excluding hydrogens is 348 g/mol. The summed E-state index contributed by atoms with van der Waals surface area (Å²) in [5.74, 6) is -0.120. The summed E-state index contributed by atoms with van der Waals surface area (Å²) in [5.41, 5.74) is 2.40. The highest BCUT2D eigenvalue weighted by Crippen LogP contribution is 2.19. The maximum Gasteiger partial charge on any atom is 0.254 e. The first-order chi connectivity index (χ1) is 13.6. The fraction of sp³-hybridized carbons (Fsp3) is 0.417. The standard InChI is InChI=1S/C24H30N2O2/c1-19(27)22-14-6-7-15-23(22)24(28)25(2)21-13-9-17-26(18-21)16-8-12-20-10-4-3-5-11-20/h3-7,10-11,14-15,21H,8-9,12-13,16-18H2,1-2H3. The summed E-state index contributed by atoms with van der Waals surface area (Å²) in [6, 6.07) is 17.9. The Bertz CT molecular complexity index is 803. The van der Waals surface area contributed by atoms with Gasteiger partial charge in [0.1, 0.15) is 0 Å². The average molecular weight is 379 g/mol. The van der Waals surface area contributed by atoms with Crippen molar-refractivity contribution in [2.75, 3.05) is 26.7 Å². The van der Waals surface area contributed by atoms with E-state index >= 15 is 0 Å². The van der Waals surface area contributed by atoms with Crippen molar-refractivity contribution in [3.05, 3.63) is 71.3 Å². The second kappa shape index (κ2) is 9.65. The van der Waals surface area contributed by atoms with Gasteiger partial charge in [0, 0.05) is 25.2 Å². The minimum absolute atomic E-state index is 0.0538. The summed E-state index contributed by atoms with van der Waals surface area (Å²) >= 11 is 0. The molecule has 1 heterocycles. The Hall–Kier alpha value is -2.46. The normalized spacial score (nSPS) is 17.3. The number of amides is 1. The monoisotopic (exact) mass is 378 g/mol. The number of rotatable bonds is 7. The van der Waals surface area contributed by atoms with E-state index in [2.05, 4.69) is 35.2 Å². The SMILES string of the molecule is CC(=O)c1ccccc1C(=O)N(C)C1CCCN(CCCc2ccccc2)C1. The fourth-order valence-electron chi connectivity index (χ4n) is 4.03. The number of likely N-dealkylation sites (tertiary alicyclic amines) is 1. The zero-order valence-corrected chi connectivity index (χ0v) is 16.9. The fourth-order valence-corrected chi connectivity index (χ4v) is 4.03. The Morgan fingerprint density at radius 3 is 2.43 bits per heavy atom. The molecule has 3 rings (SSSR count). The van der Waals surface area contributed by atoms with Gasteiger partial charge in [0.05, 0.1) is 5.56 Å². The minimum atomic E-state index is -0.0662. The maximum absolute atomic E-state index is 13.0. The van der Waals surface area contributed by atoms with Gasteiger partial charge in [-0.1, -0.05) is 48.5 Å². The summed E-state index contributed by atoms with van der Waals surface area (Å²) < 4.78 is 0. The van der Waals surface area contributed by atoms with Gasteiger partial charge in [-0.2, -0.15) is 0 Å². The van der Waals surface area contributed by atoms with Gasteiger partial charge in [-0.15, -0.1) is 0 Å². The molecule has 2 aromatic carbocycles. The largest absolute Gasteiger partial charge is 0.337 e. The molecule has 1 amide bonds. The first-order valence-electron chi connectivity index (χ1n) is 10.2. The molecule has 1 fully saturated rings. The summed E-state index contributed by atoms with van der Waals surface area (Å²) in [6.07, 6.45) is 4.33. The van der Waals surface area contributed by atoms with E-state index in [1.165, 1.54) is 12.5 Å². The molecule has 1 atom stereocenters. The number of ketones is 1. The van der Waals surface area contributed by atoms with Crippen LogP contribution in [0, 0.1) is 0 Å². The molecule has 0 bridgehead atoms. The molecule has 1 aliphatic rings. The highest BCUT2D eigenvalue weighted by atomic mass is 16.2. The predicted octanol–water partition coefficient (Wildman–Crippen LogP) is 4.06. The Balaban J connectivity index is 1.57. The lowest BCUT2D eigenvalue weighted by molar-refractivity contribution is 0.0614. The molecule has 1 aliphatic heterocycles. The van der Waals surface area contributed by atoms with E-state index < -0.39 is 0 Å². The molecular formula is C24H30N2O2. The van der Waals surface area contributed by atoms with Gasteiger partial charge in [0.2, 0.25) is 0 Å². The molecule has 2 aromatic rings. The third kappa shape index (κ3) is 5.08. The van der Waals surface area contributed by atoms with Gasteiger partial charge in [-0.25, -0.2) is 0 Å². The second-order valence-corrected chi connectivity index (χ2v) is 7.70. The molecule has 0 aliphatic carbocycles. The van der Waals surface area contributed by atoms with Gasteiger partial charge in [-0.3, -0.25) is 9.59 Å². The molecule has 0 saturated carbocycles. The molecule has 0 aromatic heterocycles. The number of benzene rings is 2. The van der Waals surface area contributed by atoms with Crippen molar-refractivity contribution in [3.63, 3.8) is 0 Å². The van der Waals surface area contributed by atoms with Crippen LogP contribution in [0.1, 0.15) is 52.5 Å². The average Bonchev–Trinajstić information content (AvgIpc) is 2.73. The Kier molecular flexibility index (Phi) is 6.99. The van der Waals surface area contributed by atoms with Crippen molar-refractivity contribution in [1.82, 2.24) is 9.80 Å². The number of Topliss-reactive ketones (excluding diaryl/α,β-unsaturated/α-hetero) is 1. The number of carbonyl (C=O) groups is 2. The molecule has 0 radical (unpaired) electrons. The lowest BCUT2D eigenvalue weighted by Crippen LogP contribution is -2.49. The highest BCUT2D eigenvalue weighted by Gasteiger charge is 2.27. The lowest BCUT2D eigenvalue weighted by Gasteiger charge is -2.38. The Labute approximate surface area is 168 Å². The maximum atomic E-state index is 13.0. The van der Waals surface area contributed by atoms with Crippen LogP contribution >= 0.6 is 0 Å². The number of nitrogens with zero attached hydrogens (tertiary/aromatic N) is 2. The zero-order valence-electron chi connectivity index (χ0n) is 16.9. The number of hydrogen-bond acceptors (Lipinski definition) is 3. The van der Waals surface area contributed by atoms with Crippen LogP contribution in [0.25, 0.3) is 0 Å². The van der Waals surface area contributed by atoms with Crippen molar-refractivity contribution in [2.24, 2.45) is 0 Å². The molecule has 4 nitrogen and oxygen atoms in total. The smallest absolute Gasteiger partial charge is 0.254 e. The molecule has 28 heavy (non-hydrogen) atoms. The van der Waals surface area contributed by atoms with Gasteiger partial charge in [0.25, 0.3) is 5.91 Å².